The Balaban J connectivity index is 1.72. The van der Waals surface area contributed by atoms with Crippen LogP contribution in [0, 0.1) is 5.82 Å². The van der Waals surface area contributed by atoms with Crippen LogP contribution in [0.3, 0.4) is 0 Å². The van der Waals surface area contributed by atoms with Gasteiger partial charge in [0.15, 0.2) is 0 Å². The molecule has 5 nitrogen and oxygen atoms in total. The monoisotopic (exact) mass is 296 g/mol. The van der Waals surface area contributed by atoms with E-state index in [0.29, 0.717) is 18.8 Å². The summed E-state index contributed by atoms with van der Waals surface area (Å²) in [5.74, 6) is 0.227. The van der Waals surface area contributed by atoms with E-state index in [1.165, 1.54) is 24.3 Å². The topological polar surface area (TPSA) is 53.0 Å². The first-order valence-electron chi connectivity index (χ1n) is 7.15. The van der Waals surface area contributed by atoms with Crippen molar-refractivity contribution in [3.05, 3.63) is 30.1 Å². The van der Waals surface area contributed by atoms with Gasteiger partial charge in [0.1, 0.15) is 24.3 Å². The third-order valence-electron chi connectivity index (χ3n) is 3.50. The average molecular weight is 296 g/mol. The molecule has 0 spiro atoms. The van der Waals surface area contributed by atoms with Gasteiger partial charge in [-0.25, -0.2) is 4.39 Å². The minimum absolute atomic E-state index is 0.166. The van der Waals surface area contributed by atoms with Gasteiger partial charge < -0.3 is 14.7 Å². The Morgan fingerprint density at radius 3 is 2.71 bits per heavy atom. The zero-order chi connectivity index (χ0) is 15.1. The lowest BCUT2D eigenvalue weighted by Gasteiger charge is -2.23. The second-order valence-electron chi connectivity index (χ2n) is 5.21. The molecule has 1 fully saturated rings. The van der Waals surface area contributed by atoms with Crippen LogP contribution in [0.5, 0.6) is 5.75 Å². The number of nitrogens with zero attached hydrogens (tertiary/aromatic N) is 2. The van der Waals surface area contributed by atoms with Crippen LogP contribution >= 0.6 is 0 Å². The van der Waals surface area contributed by atoms with E-state index in [9.17, 15) is 14.3 Å². The first kappa shape index (κ1) is 15.7. The zero-order valence-corrected chi connectivity index (χ0v) is 11.9. The molecule has 1 aromatic rings. The lowest BCUT2D eigenvalue weighted by atomic mass is 10.3. The Morgan fingerprint density at radius 1 is 1.24 bits per heavy atom. The van der Waals surface area contributed by atoms with Crippen LogP contribution in [0.2, 0.25) is 0 Å². The van der Waals surface area contributed by atoms with Crippen LogP contribution in [0.1, 0.15) is 6.42 Å². The number of ether oxygens (including phenoxy) is 1. The molecule has 0 aliphatic carbocycles. The van der Waals surface area contributed by atoms with E-state index in [-0.39, 0.29) is 12.4 Å². The number of hydrogen-bond acceptors (Lipinski definition) is 4. The molecular weight excluding hydrogens is 275 g/mol. The third-order valence-corrected chi connectivity index (χ3v) is 3.50. The normalized spacial score (nSPS) is 18.1. The van der Waals surface area contributed by atoms with Gasteiger partial charge in [0.05, 0.1) is 0 Å². The van der Waals surface area contributed by atoms with Gasteiger partial charge in [0, 0.05) is 26.2 Å². The van der Waals surface area contributed by atoms with Gasteiger partial charge in [0.25, 0.3) is 0 Å². The summed E-state index contributed by atoms with van der Waals surface area (Å²) in [4.78, 5) is 14.6. The molecule has 1 saturated heterocycles. The second kappa shape index (κ2) is 7.95. The van der Waals surface area contributed by atoms with E-state index in [1.807, 2.05) is 0 Å². The first-order chi connectivity index (χ1) is 10.2. The van der Waals surface area contributed by atoms with E-state index < -0.39 is 6.10 Å². The lowest BCUT2D eigenvalue weighted by Crippen LogP contribution is -2.38. The summed E-state index contributed by atoms with van der Waals surface area (Å²) < 4.78 is 18.2. The Labute approximate surface area is 123 Å². The van der Waals surface area contributed by atoms with Crippen LogP contribution in [0.4, 0.5) is 4.39 Å². The highest BCUT2D eigenvalue weighted by atomic mass is 19.1. The van der Waals surface area contributed by atoms with Crippen LogP contribution < -0.4 is 4.74 Å². The summed E-state index contributed by atoms with van der Waals surface area (Å²) in [5.41, 5.74) is 0. The van der Waals surface area contributed by atoms with Gasteiger partial charge in [-0.05, 0) is 37.2 Å². The summed E-state index contributed by atoms with van der Waals surface area (Å²) in [5, 5.41) is 10.0. The van der Waals surface area contributed by atoms with Crippen molar-refractivity contribution in [3.63, 3.8) is 0 Å². The number of carbonyl (C=O) groups excluding carboxylic acids is 1. The van der Waals surface area contributed by atoms with E-state index >= 15 is 0 Å². The van der Waals surface area contributed by atoms with Crippen LogP contribution in [-0.2, 0) is 4.79 Å². The zero-order valence-electron chi connectivity index (χ0n) is 11.9. The highest BCUT2D eigenvalue weighted by Crippen LogP contribution is 2.11. The fourth-order valence-electron chi connectivity index (χ4n) is 2.35. The fourth-order valence-corrected chi connectivity index (χ4v) is 2.35. The summed E-state index contributed by atoms with van der Waals surface area (Å²) in [6.45, 7) is 3.74. The maximum absolute atomic E-state index is 12.8. The Morgan fingerprint density at radius 2 is 2.00 bits per heavy atom. The molecule has 1 aliphatic heterocycles. The van der Waals surface area contributed by atoms with Crippen molar-refractivity contribution in [2.45, 2.75) is 12.5 Å². The van der Waals surface area contributed by atoms with E-state index in [4.69, 9.17) is 4.74 Å². The van der Waals surface area contributed by atoms with Crippen molar-refractivity contribution < 1.29 is 19.0 Å². The van der Waals surface area contributed by atoms with Gasteiger partial charge in [0.2, 0.25) is 6.41 Å². The average Bonchev–Trinajstić information content (AvgIpc) is 2.72. The molecule has 0 saturated carbocycles. The molecule has 1 atom stereocenters. The number of amides is 1. The Hall–Kier alpha value is -1.66. The predicted molar refractivity (Wildman–Crippen MR) is 76.6 cm³/mol. The van der Waals surface area contributed by atoms with E-state index in [1.54, 1.807) is 4.90 Å². The summed E-state index contributed by atoms with van der Waals surface area (Å²) in [7, 11) is 0. The summed E-state index contributed by atoms with van der Waals surface area (Å²) in [6, 6.07) is 5.72. The van der Waals surface area contributed by atoms with Gasteiger partial charge >= 0.3 is 0 Å². The molecule has 6 heteroatoms. The molecule has 0 radical (unpaired) electrons. The van der Waals surface area contributed by atoms with Crippen LogP contribution in [0.25, 0.3) is 0 Å². The number of rotatable bonds is 6. The van der Waals surface area contributed by atoms with Gasteiger partial charge in [-0.15, -0.1) is 0 Å². The van der Waals surface area contributed by atoms with Crippen molar-refractivity contribution in [1.29, 1.82) is 0 Å². The second-order valence-corrected chi connectivity index (χ2v) is 5.21. The molecule has 1 aromatic carbocycles. The summed E-state index contributed by atoms with van der Waals surface area (Å²) >= 11 is 0. The molecule has 0 unspecified atom stereocenters. The number of β-amino-alcohol motifs (C(OH)–C–C–N with tert-alkyl or cyclic N) is 1. The predicted octanol–water partition coefficient (Wildman–Crippen LogP) is 0.729. The quantitative estimate of drug-likeness (QED) is 0.786. The largest absolute Gasteiger partial charge is 0.491 e. The molecule has 0 bridgehead atoms. The van der Waals surface area contributed by atoms with Gasteiger partial charge in [-0.1, -0.05) is 0 Å². The van der Waals surface area contributed by atoms with E-state index in [0.717, 1.165) is 32.5 Å². The number of aliphatic hydroxyl groups is 1. The Bertz CT molecular complexity index is 441. The van der Waals surface area contributed by atoms with Crippen LogP contribution in [0.15, 0.2) is 24.3 Å². The van der Waals surface area contributed by atoms with Crippen LogP contribution in [-0.4, -0.2) is 66.8 Å². The maximum Gasteiger partial charge on any atom is 0.209 e. The van der Waals surface area contributed by atoms with Crippen molar-refractivity contribution >= 4 is 6.41 Å². The highest BCUT2D eigenvalue weighted by Gasteiger charge is 2.16. The van der Waals surface area contributed by atoms with Crippen molar-refractivity contribution in [3.8, 4) is 5.75 Å². The van der Waals surface area contributed by atoms with Crippen molar-refractivity contribution in [2.24, 2.45) is 0 Å². The summed E-state index contributed by atoms with van der Waals surface area (Å²) in [6.07, 6.45) is 1.17. The maximum atomic E-state index is 12.8. The minimum Gasteiger partial charge on any atom is -0.491 e. The third kappa shape index (κ3) is 5.32. The first-order valence-corrected chi connectivity index (χ1v) is 7.15. The minimum atomic E-state index is -0.613. The SMILES string of the molecule is O=CN1CCCN(C[C@@H](O)COc2ccc(F)cc2)CC1. The standard InChI is InChI=1S/C15H21FN2O3/c16-13-2-4-15(5-3-13)21-11-14(20)10-17-6-1-7-18(12-19)9-8-17/h2-5,12,14,20H,1,6-11H2/t14-/m1/s1. The molecule has 0 aromatic heterocycles. The smallest absolute Gasteiger partial charge is 0.209 e. The molecule has 1 amide bonds. The number of benzene rings is 1. The molecule has 116 valence electrons. The lowest BCUT2D eigenvalue weighted by molar-refractivity contribution is -0.118. The van der Waals surface area contributed by atoms with Crippen molar-refractivity contribution in [2.75, 3.05) is 39.3 Å². The number of halogens is 1. The van der Waals surface area contributed by atoms with Gasteiger partial charge in [-0.2, -0.15) is 0 Å². The van der Waals surface area contributed by atoms with Gasteiger partial charge in [-0.3, -0.25) is 9.69 Å². The molecule has 1 heterocycles. The molecule has 2 rings (SSSR count). The molecular formula is C15H21FN2O3. The molecule has 1 aliphatic rings. The fraction of sp³-hybridized carbons (Fsp3) is 0.533. The number of hydrogen-bond donors (Lipinski definition) is 1. The molecule has 1 N–H and O–H groups in total. The van der Waals surface area contributed by atoms with E-state index in [2.05, 4.69) is 4.90 Å². The number of aliphatic hydroxyl groups excluding tert-OH is 1. The Kier molecular flexibility index (Phi) is 5.95. The van der Waals surface area contributed by atoms with Crippen molar-refractivity contribution in [1.82, 2.24) is 9.80 Å². The highest BCUT2D eigenvalue weighted by molar-refractivity contribution is 5.46. The molecule has 21 heavy (non-hydrogen) atoms. The number of carbonyl (C=O) groups is 1.